The fourth-order valence-electron chi connectivity index (χ4n) is 2.83. The molecule has 4 heteroatoms. The molecule has 0 saturated carbocycles. The van der Waals surface area contributed by atoms with Gasteiger partial charge in [-0.15, -0.1) is 0 Å². The number of carbonyl (C=O) groups is 1. The Bertz CT molecular complexity index is 949. The maximum Gasteiger partial charge on any atom is 0.262 e. The predicted molar refractivity (Wildman–Crippen MR) is 115 cm³/mol. The molecule has 2 N–H and O–H groups in total. The topological polar surface area (TPSA) is 50.4 Å². The first-order valence-corrected chi connectivity index (χ1v) is 9.39. The number of hydrogen-bond donors (Lipinski definition) is 2. The predicted octanol–water partition coefficient (Wildman–Crippen LogP) is 5.24. The number of amides is 1. The second-order valence-corrected chi connectivity index (χ2v) is 7.00. The van der Waals surface area contributed by atoms with Gasteiger partial charge in [-0.1, -0.05) is 30.3 Å². The van der Waals surface area contributed by atoms with Gasteiger partial charge < -0.3 is 15.4 Å². The Morgan fingerprint density at radius 3 is 2.36 bits per heavy atom. The standard InChI is InChI=1S/C24H26N2O2/c1-17-5-4-6-22(13-17)26-24(27)16-28-23-11-8-20(9-12-23)15-25-21-10-7-18(2)19(3)14-21/h4-14,25H,15-16H2,1-3H3,(H,26,27). The summed E-state index contributed by atoms with van der Waals surface area (Å²) in [4.78, 5) is 12.0. The van der Waals surface area contributed by atoms with Crippen molar-refractivity contribution >= 4 is 17.3 Å². The summed E-state index contributed by atoms with van der Waals surface area (Å²) in [6, 6.07) is 21.8. The molecule has 0 radical (unpaired) electrons. The summed E-state index contributed by atoms with van der Waals surface area (Å²) in [5, 5.41) is 6.26. The van der Waals surface area contributed by atoms with Crippen LogP contribution in [0.2, 0.25) is 0 Å². The number of hydrogen-bond acceptors (Lipinski definition) is 3. The molecule has 0 aliphatic heterocycles. The number of ether oxygens (including phenoxy) is 1. The van der Waals surface area contributed by atoms with E-state index in [9.17, 15) is 4.79 Å². The van der Waals surface area contributed by atoms with Gasteiger partial charge in [0.05, 0.1) is 0 Å². The van der Waals surface area contributed by atoms with Crippen molar-refractivity contribution in [1.82, 2.24) is 0 Å². The molecular weight excluding hydrogens is 348 g/mol. The number of anilines is 2. The molecule has 0 spiro atoms. The molecule has 3 rings (SSSR count). The van der Waals surface area contributed by atoms with Gasteiger partial charge in [0.1, 0.15) is 5.75 Å². The van der Waals surface area contributed by atoms with E-state index in [0.29, 0.717) is 5.75 Å². The highest BCUT2D eigenvalue weighted by molar-refractivity contribution is 5.91. The van der Waals surface area contributed by atoms with Gasteiger partial charge in [0.25, 0.3) is 5.91 Å². The van der Waals surface area contributed by atoms with Gasteiger partial charge in [0, 0.05) is 17.9 Å². The molecule has 0 unspecified atom stereocenters. The van der Waals surface area contributed by atoms with Gasteiger partial charge >= 0.3 is 0 Å². The van der Waals surface area contributed by atoms with Crippen LogP contribution < -0.4 is 15.4 Å². The van der Waals surface area contributed by atoms with Crippen LogP contribution in [0, 0.1) is 20.8 Å². The average Bonchev–Trinajstić information content (AvgIpc) is 2.68. The SMILES string of the molecule is Cc1cccc(NC(=O)COc2ccc(CNc3ccc(C)c(C)c3)cc2)c1. The minimum Gasteiger partial charge on any atom is -0.484 e. The lowest BCUT2D eigenvalue weighted by Gasteiger charge is -2.10. The summed E-state index contributed by atoms with van der Waals surface area (Å²) >= 11 is 0. The Morgan fingerprint density at radius 2 is 1.64 bits per heavy atom. The van der Waals surface area contributed by atoms with Gasteiger partial charge in [0.2, 0.25) is 0 Å². The van der Waals surface area contributed by atoms with Crippen LogP contribution in [0.25, 0.3) is 0 Å². The first-order valence-electron chi connectivity index (χ1n) is 9.39. The van der Waals surface area contributed by atoms with Crippen molar-refractivity contribution in [1.29, 1.82) is 0 Å². The number of aryl methyl sites for hydroxylation is 3. The van der Waals surface area contributed by atoms with Crippen molar-refractivity contribution in [3.05, 3.63) is 89.0 Å². The molecule has 0 fully saturated rings. The first-order chi connectivity index (χ1) is 13.5. The summed E-state index contributed by atoms with van der Waals surface area (Å²) in [5.74, 6) is 0.500. The number of carbonyl (C=O) groups excluding carboxylic acids is 1. The molecule has 3 aromatic rings. The third kappa shape index (κ3) is 5.61. The van der Waals surface area contributed by atoms with Crippen molar-refractivity contribution in [3.8, 4) is 5.75 Å². The molecule has 1 amide bonds. The summed E-state index contributed by atoms with van der Waals surface area (Å²) < 4.78 is 5.58. The summed E-state index contributed by atoms with van der Waals surface area (Å²) in [6.07, 6.45) is 0. The van der Waals surface area contributed by atoms with E-state index >= 15 is 0 Å². The highest BCUT2D eigenvalue weighted by atomic mass is 16.5. The molecule has 0 aliphatic carbocycles. The lowest BCUT2D eigenvalue weighted by atomic mass is 10.1. The van der Waals surface area contributed by atoms with Crippen molar-refractivity contribution in [2.24, 2.45) is 0 Å². The summed E-state index contributed by atoms with van der Waals surface area (Å²) in [6.45, 7) is 6.92. The molecular formula is C24H26N2O2. The molecule has 28 heavy (non-hydrogen) atoms. The third-order valence-corrected chi connectivity index (χ3v) is 4.60. The van der Waals surface area contributed by atoms with Crippen molar-refractivity contribution in [3.63, 3.8) is 0 Å². The smallest absolute Gasteiger partial charge is 0.262 e. The van der Waals surface area contributed by atoms with Crippen LogP contribution in [0.4, 0.5) is 11.4 Å². The Kier molecular flexibility index (Phi) is 6.33. The van der Waals surface area contributed by atoms with E-state index in [1.807, 2.05) is 55.5 Å². The van der Waals surface area contributed by atoms with E-state index in [1.54, 1.807) is 0 Å². The minimum atomic E-state index is -0.175. The van der Waals surface area contributed by atoms with Crippen LogP contribution in [-0.4, -0.2) is 12.5 Å². The van der Waals surface area contributed by atoms with E-state index in [-0.39, 0.29) is 12.5 Å². The normalized spacial score (nSPS) is 10.4. The maximum absolute atomic E-state index is 12.0. The van der Waals surface area contributed by atoms with Crippen LogP contribution in [0.5, 0.6) is 5.75 Å². The molecule has 0 aliphatic rings. The van der Waals surface area contributed by atoms with Gasteiger partial charge in [-0.2, -0.15) is 0 Å². The molecule has 0 saturated heterocycles. The Hall–Kier alpha value is -3.27. The van der Waals surface area contributed by atoms with Gasteiger partial charge in [-0.3, -0.25) is 4.79 Å². The first kappa shape index (κ1) is 19.5. The maximum atomic E-state index is 12.0. The fraction of sp³-hybridized carbons (Fsp3) is 0.208. The van der Waals surface area contributed by atoms with Crippen LogP contribution in [-0.2, 0) is 11.3 Å². The minimum absolute atomic E-state index is 0.0197. The average molecular weight is 374 g/mol. The largest absolute Gasteiger partial charge is 0.484 e. The highest BCUT2D eigenvalue weighted by Gasteiger charge is 2.04. The molecule has 4 nitrogen and oxygen atoms in total. The molecule has 0 heterocycles. The van der Waals surface area contributed by atoms with E-state index in [0.717, 1.165) is 29.0 Å². The van der Waals surface area contributed by atoms with E-state index in [1.165, 1.54) is 11.1 Å². The van der Waals surface area contributed by atoms with E-state index in [4.69, 9.17) is 4.74 Å². The van der Waals surface area contributed by atoms with Crippen LogP contribution in [0.15, 0.2) is 66.7 Å². The molecule has 144 valence electrons. The van der Waals surface area contributed by atoms with E-state index in [2.05, 4.69) is 42.7 Å². The van der Waals surface area contributed by atoms with Gasteiger partial charge in [-0.05, 0) is 79.4 Å². The summed E-state index contributed by atoms with van der Waals surface area (Å²) in [7, 11) is 0. The fourth-order valence-corrected chi connectivity index (χ4v) is 2.83. The van der Waals surface area contributed by atoms with Gasteiger partial charge in [-0.25, -0.2) is 0 Å². The van der Waals surface area contributed by atoms with Crippen LogP contribution in [0.3, 0.4) is 0 Å². The zero-order valence-corrected chi connectivity index (χ0v) is 16.6. The third-order valence-electron chi connectivity index (χ3n) is 4.60. The van der Waals surface area contributed by atoms with Gasteiger partial charge in [0.15, 0.2) is 6.61 Å². The summed E-state index contributed by atoms with van der Waals surface area (Å²) in [5.41, 5.74) is 6.70. The monoisotopic (exact) mass is 374 g/mol. The molecule has 3 aromatic carbocycles. The second kappa shape index (κ2) is 9.09. The second-order valence-electron chi connectivity index (χ2n) is 7.00. The highest BCUT2D eigenvalue weighted by Crippen LogP contribution is 2.17. The van der Waals surface area contributed by atoms with Crippen LogP contribution in [0.1, 0.15) is 22.3 Å². The Balaban J connectivity index is 1.47. The molecule has 0 atom stereocenters. The Labute approximate surface area is 166 Å². The van der Waals surface area contributed by atoms with Crippen molar-refractivity contribution in [2.45, 2.75) is 27.3 Å². The lowest BCUT2D eigenvalue weighted by Crippen LogP contribution is -2.20. The molecule has 0 bridgehead atoms. The number of nitrogens with one attached hydrogen (secondary N) is 2. The molecule has 0 aromatic heterocycles. The Morgan fingerprint density at radius 1 is 0.857 bits per heavy atom. The lowest BCUT2D eigenvalue weighted by molar-refractivity contribution is -0.118. The quantitative estimate of drug-likeness (QED) is 0.594. The zero-order chi connectivity index (χ0) is 19.9. The van der Waals surface area contributed by atoms with E-state index < -0.39 is 0 Å². The van der Waals surface area contributed by atoms with Crippen LogP contribution >= 0.6 is 0 Å². The van der Waals surface area contributed by atoms with Crippen molar-refractivity contribution in [2.75, 3.05) is 17.2 Å². The number of rotatable bonds is 7. The number of benzene rings is 3. The van der Waals surface area contributed by atoms with Crippen molar-refractivity contribution < 1.29 is 9.53 Å². The zero-order valence-electron chi connectivity index (χ0n) is 16.6.